The number of ether oxygens (including phenoxy) is 2. The van der Waals surface area contributed by atoms with Crippen molar-refractivity contribution >= 4 is 21.5 Å². The number of thiophene rings is 1. The Hall–Kier alpha value is -1.26. The topological polar surface area (TPSA) is 87.9 Å². The zero-order valence-electron chi connectivity index (χ0n) is 12.4. The minimum atomic E-state index is -3.94. The van der Waals surface area contributed by atoms with Crippen LogP contribution in [0, 0.1) is 13.8 Å². The lowest BCUT2D eigenvalue weighted by Gasteiger charge is -2.16. The van der Waals surface area contributed by atoms with Crippen LogP contribution >= 0.6 is 11.3 Å². The van der Waals surface area contributed by atoms with Crippen molar-refractivity contribution < 1.29 is 26.6 Å². The average Bonchev–Trinajstić information content (AvgIpc) is 3.10. The number of hydrogen-bond acceptors (Lipinski definition) is 8. The van der Waals surface area contributed by atoms with Gasteiger partial charge in [0.1, 0.15) is 15.7 Å². The zero-order valence-corrected chi connectivity index (χ0v) is 14.1. The molecular weight excluding hydrogens is 330 g/mol. The average molecular weight is 347 g/mol. The van der Waals surface area contributed by atoms with E-state index in [0.29, 0.717) is 23.6 Å². The van der Waals surface area contributed by atoms with Crippen LogP contribution in [0.4, 0.5) is 0 Å². The molecular formula is C13H17NO6S2. The highest BCUT2D eigenvalue weighted by atomic mass is 32.3. The summed E-state index contributed by atoms with van der Waals surface area (Å²) in [6, 6.07) is 3.10. The number of aryl methyl sites for hydroxylation is 1. The molecule has 0 aliphatic carbocycles. The summed E-state index contributed by atoms with van der Waals surface area (Å²) in [6.45, 7) is 3.95. The molecule has 0 aliphatic heterocycles. The van der Waals surface area contributed by atoms with E-state index in [0.717, 1.165) is 11.3 Å². The molecule has 0 radical (unpaired) electrons. The highest BCUT2D eigenvalue weighted by Crippen LogP contribution is 2.29. The summed E-state index contributed by atoms with van der Waals surface area (Å²) in [7, 11) is -2.42. The van der Waals surface area contributed by atoms with Gasteiger partial charge in [0.2, 0.25) is 6.29 Å². The monoisotopic (exact) mass is 347 g/mol. The molecule has 7 nitrogen and oxygen atoms in total. The van der Waals surface area contributed by atoms with Crippen molar-refractivity contribution in [2.45, 2.75) is 24.3 Å². The second-order valence-corrected chi connectivity index (χ2v) is 7.17. The van der Waals surface area contributed by atoms with E-state index < -0.39 is 16.4 Å². The fraction of sp³-hybridized carbons (Fsp3) is 0.462. The number of hydrogen-bond donors (Lipinski definition) is 0. The molecule has 0 fully saturated rings. The Morgan fingerprint density at radius 2 is 2.14 bits per heavy atom. The summed E-state index contributed by atoms with van der Waals surface area (Å²) in [4.78, 5) is 0. The normalized spacial score (nSPS) is 13.4. The molecule has 0 aromatic carbocycles. The van der Waals surface area contributed by atoms with E-state index in [1.54, 1.807) is 25.3 Å². The first kappa shape index (κ1) is 17.1. The highest BCUT2D eigenvalue weighted by Gasteiger charge is 2.29. The van der Waals surface area contributed by atoms with E-state index in [4.69, 9.17) is 18.2 Å². The lowest BCUT2D eigenvalue weighted by atomic mass is 10.2. The van der Waals surface area contributed by atoms with E-state index in [1.807, 2.05) is 0 Å². The van der Waals surface area contributed by atoms with Crippen molar-refractivity contribution in [3.05, 3.63) is 34.5 Å². The summed E-state index contributed by atoms with van der Waals surface area (Å²) < 4.78 is 45.2. The maximum Gasteiger partial charge on any atom is 0.309 e. The largest absolute Gasteiger partial charge is 0.382 e. The molecule has 0 aliphatic rings. The van der Waals surface area contributed by atoms with Crippen LogP contribution < -0.4 is 0 Å². The quantitative estimate of drug-likeness (QED) is 0.411. The van der Waals surface area contributed by atoms with Gasteiger partial charge in [0.25, 0.3) is 0 Å². The molecule has 2 rings (SSSR count). The van der Waals surface area contributed by atoms with Gasteiger partial charge in [-0.05, 0) is 25.3 Å². The van der Waals surface area contributed by atoms with Crippen LogP contribution in [-0.2, 0) is 23.8 Å². The third-order valence-electron chi connectivity index (χ3n) is 2.93. The maximum atomic E-state index is 12.2. The first-order valence-electron chi connectivity index (χ1n) is 6.46. The lowest BCUT2D eigenvalue weighted by molar-refractivity contribution is -0.0956. The number of nitrogens with zero attached hydrogens (tertiary/aromatic N) is 1. The van der Waals surface area contributed by atoms with Crippen molar-refractivity contribution in [2.24, 2.45) is 0 Å². The summed E-state index contributed by atoms with van der Waals surface area (Å²) >= 11 is 1.07. The summed E-state index contributed by atoms with van der Waals surface area (Å²) in [5.74, 6) is 0.576. The summed E-state index contributed by atoms with van der Waals surface area (Å²) in [6.07, 6.45) is -1.18. The third-order valence-corrected chi connectivity index (χ3v) is 5.55. The van der Waals surface area contributed by atoms with Crippen molar-refractivity contribution in [3.8, 4) is 0 Å². The Kier molecular flexibility index (Phi) is 5.70. The van der Waals surface area contributed by atoms with Crippen LogP contribution in [0.2, 0.25) is 0 Å². The molecule has 2 aromatic rings. The Balaban J connectivity index is 2.23. The van der Waals surface area contributed by atoms with Gasteiger partial charge in [-0.15, -0.1) is 11.3 Å². The number of aromatic nitrogens is 1. The van der Waals surface area contributed by atoms with Crippen LogP contribution in [0.5, 0.6) is 0 Å². The second kappa shape index (κ2) is 7.34. The standard InChI is InChI=1S/C13H17NO6S2/c1-9-10(2)19-14-12(9)13(18-7-6-17-3)20-22(15,16)11-5-4-8-21-11/h4-5,8,13H,6-7H2,1-3H3. The van der Waals surface area contributed by atoms with Gasteiger partial charge in [-0.25, -0.2) is 4.18 Å². The first-order chi connectivity index (χ1) is 10.5. The molecule has 1 atom stereocenters. The Morgan fingerprint density at radius 1 is 1.36 bits per heavy atom. The van der Waals surface area contributed by atoms with Crippen molar-refractivity contribution in [1.82, 2.24) is 5.16 Å². The van der Waals surface area contributed by atoms with E-state index in [-0.39, 0.29) is 10.8 Å². The predicted octanol–water partition coefficient (Wildman–Crippen LogP) is 2.42. The van der Waals surface area contributed by atoms with E-state index in [9.17, 15) is 8.42 Å². The molecule has 0 N–H and O–H groups in total. The van der Waals surface area contributed by atoms with E-state index in [1.165, 1.54) is 13.2 Å². The Morgan fingerprint density at radius 3 is 2.68 bits per heavy atom. The van der Waals surface area contributed by atoms with Crippen molar-refractivity contribution in [2.75, 3.05) is 20.3 Å². The smallest absolute Gasteiger partial charge is 0.309 e. The predicted molar refractivity (Wildman–Crippen MR) is 79.1 cm³/mol. The molecule has 0 amide bonds. The minimum absolute atomic E-state index is 0.103. The first-order valence-corrected chi connectivity index (χ1v) is 8.74. The molecule has 22 heavy (non-hydrogen) atoms. The lowest BCUT2D eigenvalue weighted by Crippen LogP contribution is -2.17. The van der Waals surface area contributed by atoms with Crippen LogP contribution in [0.25, 0.3) is 0 Å². The number of rotatable bonds is 8. The minimum Gasteiger partial charge on any atom is -0.382 e. The van der Waals surface area contributed by atoms with Gasteiger partial charge in [0, 0.05) is 12.7 Å². The highest BCUT2D eigenvalue weighted by molar-refractivity contribution is 7.89. The van der Waals surface area contributed by atoms with Gasteiger partial charge in [-0.2, -0.15) is 8.42 Å². The molecule has 9 heteroatoms. The molecule has 0 saturated heterocycles. The van der Waals surface area contributed by atoms with Gasteiger partial charge in [-0.1, -0.05) is 11.2 Å². The Bertz CT molecular complexity index is 692. The molecule has 122 valence electrons. The van der Waals surface area contributed by atoms with Crippen LogP contribution in [-0.4, -0.2) is 33.9 Å². The second-order valence-electron chi connectivity index (χ2n) is 4.43. The van der Waals surface area contributed by atoms with Gasteiger partial charge in [0.15, 0.2) is 0 Å². The van der Waals surface area contributed by atoms with E-state index >= 15 is 0 Å². The fourth-order valence-corrected chi connectivity index (χ4v) is 3.53. The van der Waals surface area contributed by atoms with Gasteiger partial charge >= 0.3 is 10.1 Å². The SMILES string of the molecule is COCCOC(OS(=O)(=O)c1cccs1)c1noc(C)c1C. The third kappa shape index (κ3) is 3.93. The van der Waals surface area contributed by atoms with Crippen molar-refractivity contribution in [3.63, 3.8) is 0 Å². The zero-order chi connectivity index (χ0) is 16.2. The molecule has 0 spiro atoms. The van der Waals surface area contributed by atoms with Gasteiger partial charge in [-0.3, -0.25) is 0 Å². The molecule has 2 heterocycles. The van der Waals surface area contributed by atoms with E-state index in [2.05, 4.69) is 5.16 Å². The molecule has 0 saturated carbocycles. The summed E-state index contributed by atoms with van der Waals surface area (Å²) in [5, 5.41) is 5.49. The number of methoxy groups -OCH3 is 1. The molecule has 1 unspecified atom stereocenters. The summed E-state index contributed by atoms with van der Waals surface area (Å²) in [5.41, 5.74) is 0.984. The molecule has 0 bridgehead atoms. The van der Waals surface area contributed by atoms with Crippen LogP contribution in [0.3, 0.4) is 0 Å². The van der Waals surface area contributed by atoms with Gasteiger partial charge in [0.05, 0.1) is 13.2 Å². The molecule has 2 aromatic heterocycles. The van der Waals surface area contributed by atoms with Gasteiger partial charge < -0.3 is 14.0 Å². The maximum absolute atomic E-state index is 12.2. The van der Waals surface area contributed by atoms with Crippen LogP contribution in [0.1, 0.15) is 23.3 Å². The fourth-order valence-electron chi connectivity index (χ4n) is 1.61. The Labute approximate surface area is 132 Å². The van der Waals surface area contributed by atoms with Crippen molar-refractivity contribution in [1.29, 1.82) is 0 Å². The van der Waals surface area contributed by atoms with Crippen LogP contribution in [0.15, 0.2) is 26.2 Å².